The number of allylic oxidation sites excluding steroid dienone is 6. The monoisotopic (exact) mass is 413 g/mol. The second kappa shape index (κ2) is 7.33. The van der Waals surface area contributed by atoms with Crippen LogP contribution < -0.4 is 0 Å². The minimum absolute atomic E-state index is 0.0470. The Bertz CT molecular complexity index is 1090. The molecule has 3 aliphatic carbocycles. The number of likely N-dealkylation sites (tertiary alicyclic amines) is 1. The zero-order valence-electron chi connectivity index (χ0n) is 18.4. The number of hydrogen-bond donors (Lipinski definition) is 0. The van der Waals surface area contributed by atoms with E-state index in [1.807, 2.05) is 26.8 Å². The van der Waals surface area contributed by atoms with Gasteiger partial charge in [-0.3, -0.25) is 14.5 Å². The van der Waals surface area contributed by atoms with Crippen LogP contribution in [0.4, 0.5) is 0 Å². The summed E-state index contributed by atoms with van der Waals surface area (Å²) in [5.41, 5.74) is -1.01. The summed E-state index contributed by atoms with van der Waals surface area (Å²) in [6.07, 6.45) is 8.82. The van der Waals surface area contributed by atoms with Crippen LogP contribution >= 0.6 is 0 Å². The van der Waals surface area contributed by atoms with Crippen LogP contribution in [0.25, 0.3) is 0 Å². The highest BCUT2D eigenvalue weighted by molar-refractivity contribution is 6.09. The van der Waals surface area contributed by atoms with Crippen molar-refractivity contribution in [1.82, 2.24) is 4.90 Å². The van der Waals surface area contributed by atoms with Gasteiger partial charge in [0.25, 0.3) is 0 Å². The molecule has 1 saturated heterocycles. The first-order chi connectivity index (χ1) is 14.7. The summed E-state index contributed by atoms with van der Waals surface area (Å²) in [4.78, 5) is 28.0. The van der Waals surface area contributed by atoms with E-state index in [-0.39, 0.29) is 28.6 Å². The first kappa shape index (κ1) is 21.3. The van der Waals surface area contributed by atoms with Gasteiger partial charge in [-0.05, 0) is 62.4 Å². The number of carbonyl (C=O) groups excluding carboxylic acids is 2. The van der Waals surface area contributed by atoms with E-state index in [0.717, 1.165) is 25.1 Å². The third-order valence-electron chi connectivity index (χ3n) is 7.74. The highest BCUT2D eigenvalue weighted by atomic mass is 16.1. The van der Waals surface area contributed by atoms with Gasteiger partial charge in [0.1, 0.15) is 12.1 Å². The van der Waals surface area contributed by atoms with Gasteiger partial charge in [-0.15, -0.1) is 0 Å². The quantitative estimate of drug-likeness (QED) is 0.614. The van der Waals surface area contributed by atoms with Crippen molar-refractivity contribution in [2.75, 3.05) is 19.6 Å². The molecule has 2 fully saturated rings. The molecule has 158 valence electrons. The number of rotatable bonds is 1. The maximum Gasteiger partial charge on any atom is 0.196 e. The lowest BCUT2D eigenvalue weighted by molar-refractivity contribution is -0.130. The van der Waals surface area contributed by atoms with Gasteiger partial charge >= 0.3 is 0 Å². The molecule has 1 saturated carbocycles. The number of nitrogens with zero attached hydrogens (tertiary/aromatic N) is 3. The second-order valence-electron chi connectivity index (χ2n) is 9.94. The largest absolute Gasteiger partial charge is 0.293 e. The smallest absolute Gasteiger partial charge is 0.196 e. The van der Waals surface area contributed by atoms with Crippen LogP contribution in [-0.4, -0.2) is 36.1 Å². The topological polar surface area (TPSA) is 85.0 Å². The van der Waals surface area contributed by atoms with E-state index < -0.39 is 16.2 Å². The highest BCUT2D eigenvalue weighted by Gasteiger charge is 2.59. The van der Waals surface area contributed by atoms with Gasteiger partial charge in [0, 0.05) is 10.8 Å². The van der Waals surface area contributed by atoms with E-state index in [4.69, 9.17) is 0 Å². The lowest BCUT2D eigenvalue weighted by Crippen LogP contribution is -2.53. The fraction of sp³-hybridized carbons (Fsp3) is 0.538. The van der Waals surface area contributed by atoms with Crippen molar-refractivity contribution >= 4 is 11.6 Å². The Morgan fingerprint density at radius 3 is 2.39 bits per heavy atom. The van der Waals surface area contributed by atoms with Gasteiger partial charge in [-0.25, -0.2) is 0 Å². The summed E-state index contributed by atoms with van der Waals surface area (Å²) >= 11 is 0. The summed E-state index contributed by atoms with van der Waals surface area (Å²) in [7, 11) is 0. The molecular formula is C26H27N3O2. The van der Waals surface area contributed by atoms with Crippen LogP contribution in [-0.2, 0) is 9.59 Å². The lowest BCUT2D eigenvalue weighted by Gasteiger charge is -2.56. The van der Waals surface area contributed by atoms with E-state index in [1.54, 1.807) is 18.2 Å². The predicted molar refractivity (Wildman–Crippen MR) is 116 cm³/mol. The van der Waals surface area contributed by atoms with Gasteiger partial charge < -0.3 is 0 Å². The summed E-state index contributed by atoms with van der Waals surface area (Å²) in [5.74, 6) is 6.27. The Balaban J connectivity index is 1.85. The molecule has 1 unspecified atom stereocenters. The molecule has 1 heterocycles. The molecule has 0 aromatic rings. The Hall–Kier alpha value is -2.94. The molecule has 5 nitrogen and oxygen atoms in total. The number of hydrogen-bond acceptors (Lipinski definition) is 5. The average molecular weight is 414 g/mol. The molecule has 5 heteroatoms. The molecule has 0 spiro atoms. The fourth-order valence-electron chi connectivity index (χ4n) is 6.18. The lowest BCUT2D eigenvalue weighted by atomic mass is 9.45. The number of Topliss-reactive ketones (excluding diaryl/α,β-unsaturated/α-hetero) is 1. The molecule has 31 heavy (non-hydrogen) atoms. The molecule has 0 radical (unpaired) electrons. The Kier molecular flexibility index (Phi) is 5.04. The maximum absolute atomic E-state index is 12.9. The van der Waals surface area contributed by atoms with Gasteiger partial charge in [-0.1, -0.05) is 38.7 Å². The zero-order chi connectivity index (χ0) is 22.4. The zero-order valence-corrected chi connectivity index (χ0v) is 18.4. The Morgan fingerprint density at radius 2 is 1.74 bits per heavy atom. The van der Waals surface area contributed by atoms with Gasteiger partial charge in [-0.2, -0.15) is 10.5 Å². The Labute approximate surface area is 184 Å². The predicted octanol–water partition coefficient (Wildman–Crippen LogP) is 3.51. The number of nitriles is 2. The molecule has 0 aromatic carbocycles. The van der Waals surface area contributed by atoms with Crippen LogP contribution in [0, 0.1) is 56.7 Å². The van der Waals surface area contributed by atoms with Crippen molar-refractivity contribution in [3.63, 3.8) is 0 Å². The minimum Gasteiger partial charge on any atom is -0.293 e. The van der Waals surface area contributed by atoms with Crippen molar-refractivity contribution in [2.45, 2.75) is 46.5 Å². The number of fused-ring (bicyclic) bond motifs is 3. The minimum atomic E-state index is -0.725. The second-order valence-corrected chi connectivity index (χ2v) is 9.94. The summed E-state index contributed by atoms with van der Waals surface area (Å²) in [6, 6.07) is 4.11. The first-order valence-electron chi connectivity index (χ1n) is 11.0. The number of ketones is 2. The molecule has 0 bridgehead atoms. The molecule has 0 N–H and O–H groups in total. The number of carbonyl (C=O) groups is 2. The third-order valence-corrected chi connectivity index (χ3v) is 7.74. The summed E-state index contributed by atoms with van der Waals surface area (Å²) in [5, 5.41) is 19.2. The van der Waals surface area contributed by atoms with Crippen molar-refractivity contribution in [1.29, 1.82) is 10.5 Å². The van der Waals surface area contributed by atoms with Crippen molar-refractivity contribution in [3.8, 4) is 24.0 Å². The SMILES string of the molecule is CC1(C)C(=O)C(C#N)=C[C@]2(C)C3=CC(=O)C(C#N)=C[C@]3(C#CCN3CCCC3)CCC12. The molecule has 0 amide bonds. The normalized spacial score (nSPS) is 34.1. The Morgan fingerprint density at radius 1 is 1.06 bits per heavy atom. The maximum atomic E-state index is 12.9. The molecule has 0 aromatic heterocycles. The van der Waals surface area contributed by atoms with Gasteiger partial charge in [0.2, 0.25) is 0 Å². The molecule has 1 aliphatic heterocycles. The average Bonchev–Trinajstić information content (AvgIpc) is 3.25. The molecule has 4 rings (SSSR count). The van der Waals surface area contributed by atoms with Gasteiger partial charge in [0.05, 0.1) is 23.1 Å². The summed E-state index contributed by atoms with van der Waals surface area (Å²) < 4.78 is 0. The first-order valence-corrected chi connectivity index (χ1v) is 11.0. The van der Waals surface area contributed by atoms with Gasteiger partial charge in [0.15, 0.2) is 11.6 Å². The van der Waals surface area contributed by atoms with Crippen LogP contribution in [0.5, 0.6) is 0 Å². The van der Waals surface area contributed by atoms with Crippen LogP contribution in [0.3, 0.4) is 0 Å². The molecule has 3 atom stereocenters. The van der Waals surface area contributed by atoms with E-state index in [1.165, 1.54) is 12.8 Å². The van der Waals surface area contributed by atoms with E-state index >= 15 is 0 Å². The third kappa shape index (κ3) is 3.18. The summed E-state index contributed by atoms with van der Waals surface area (Å²) in [6.45, 7) is 8.58. The van der Waals surface area contributed by atoms with Crippen molar-refractivity contribution in [2.24, 2.45) is 22.2 Å². The highest BCUT2D eigenvalue weighted by Crippen LogP contribution is 2.63. The molecule has 4 aliphatic rings. The van der Waals surface area contributed by atoms with E-state index in [2.05, 4.69) is 22.8 Å². The standard InChI is InChI=1S/C26H27N3O2/c1-24(2)21-7-9-26(8-6-12-29-10-4-5-11-29)15-18(16-27)20(30)13-22(26)25(21,3)14-19(17-28)23(24)31/h13-15,21H,4-5,7,9-12H2,1-3H3/t21?,25-,26-/m0/s1. The molecular weight excluding hydrogens is 386 g/mol. The van der Waals surface area contributed by atoms with Crippen LogP contribution in [0.15, 0.2) is 34.9 Å². The fourth-order valence-corrected chi connectivity index (χ4v) is 6.18. The van der Waals surface area contributed by atoms with Crippen molar-refractivity contribution in [3.05, 3.63) is 34.9 Å². The van der Waals surface area contributed by atoms with E-state index in [0.29, 0.717) is 13.0 Å². The van der Waals surface area contributed by atoms with E-state index in [9.17, 15) is 20.1 Å². The van der Waals surface area contributed by atoms with Crippen LogP contribution in [0.2, 0.25) is 0 Å². The van der Waals surface area contributed by atoms with Crippen LogP contribution in [0.1, 0.15) is 46.5 Å². The van der Waals surface area contributed by atoms with Crippen molar-refractivity contribution < 1.29 is 9.59 Å².